The maximum Gasteiger partial charge on any atom is 0.326 e. The molecule has 346 valence electrons. The molecule has 0 spiro atoms. The number of esters is 1. The van der Waals surface area contributed by atoms with Crippen molar-refractivity contribution in [3.05, 3.63) is 60.8 Å². The van der Waals surface area contributed by atoms with Gasteiger partial charge < -0.3 is 20.9 Å². The Morgan fingerprint density at radius 1 is 0.500 bits per heavy atom. The van der Waals surface area contributed by atoms with E-state index < -0.39 is 12.0 Å². The van der Waals surface area contributed by atoms with Crippen LogP contribution in [0, 0.1) is 0 Å². The summed E-state index contributed by atoms with van der Waals surface area (Å²) in [4.78, 5) is 36.5. The highest BCUT2D eigenvalue weighted by Crippen LogP contribution is 2.18. The lowest BCUT2D eigenvalue weighted by Gasteiger charge is -2.18. The zero-order valence-electron chi connectivity index (χ0n) is 39.0. The molecule has 1 amide bonds. The van der Waals surface area contributed by atoms with Crippen LogP contribution in [0.5, 0.6) is 0 Å². The number of carbonyl (C=O) groups excluding carboxylic acids is 2. The highest BCUT2D eigenvalue weighted by atomic mass is 16.5. The van der Waals surface area contributed by atoms with Crippen LogP contribution < -0.4 is 11.1 Å². The largest absolute Gasteiger partial charge is 0.480 e. The Bertz CT molecular complexity index is 1130. The molecule has 0 aromatic carbocycles. The van der Waals surface area contributed by atoms with Crippen LogP contribution in [0.25, 0.3) is 0 Å². The Morgan fingerprint density at radius 2 is 0.933 bits per heavy atom. The topological polar surface area (TPSA) is 119 Å². The number of nitrogens with two attached hydrogens (primary N) is 1. The third kappa shape index (κ3) is 43.2. The molecule has 0 aliphatic carbocycles. The van der Waals surface area contributed by atoms with Crippen LogP contribution in [-0.4, -0.2) is 41.6 Å². The quantitative estimate of drug-likeness (QED) is 0.0319. The van der Waals surface area contributed by atoms with E-state index in [2.05, 4.69) is 79.9 Å². The molecule has 2 unspecified atom stereocenters. The van der Waals surface area contributed by atoms with Crippen LogP contribution >= 0.6 is 0 Å². The summed E-state index contributed by atoms with van der Waals surface area (Å²) in [6.45, 7) is 4.83. The van der Waals surface area contributed by atoms with Crippen LogP contribution in [0.3, 0.4) is 0 Å². The lowest BCUT2D eigenvalue weighted by Crippen LogP contribution is -2.40. The van der Waals surface area contributed by atoms with E-state index in [9.17, 15) is 19.5 Å². The number of hydrogen-bond donors (Lipinski definition) is 3. The van der Waals surface area contributed by atoms with Gasteiger partial charge in [0.1, 0.15) is 12.1 Å². The molecule has 2 atom stereocenters. The van der Waals surface area contributed by atoms with E-state index in [4.69, 9.17) is 10.5 Å². The van der Waals surface area contributed by atoms with Gasteiger partial charge in [-0.25, -0.2) is 4.79 Å². The number of amides is 1. The molecule has 0 rings (SSSR count). The van der Waals surface area contributed by atoms with Gasteiger partial charge >= 0.3 is 11.9 Å². The maximum atomic E-state index is 12.9. The average Bonchev–Trinajstić information content (AvgIpc) is 3.23. The van der Waals surface area contributed by atoms with Gasteiger partial charge in [-0.15, -0.1) is 0 Å². The van der Waals surface area contributed by atoms with Gasteiger partial charge in [0.05, 0.1) is 0 Å². The van der Waals surface area contributed by atoms with Gasteiger partial charge in [0.25, 0.3) is 0 Å². The fraction of sp³-hybridized carbons (Fsp3) is 0.755. The van der Waals surface area contributed by atoms with Crippen molar-refractivity contribution in [2.75, 3.05) is 6.54 Å². The molecule has 0 radical (unpaired) electrons. The van der Waals surface area contributed by atoms with Gasteiger partial charge in [-0.2, -0.15) is 0 Å². The highest BCUT2D eigenvalue weighted by molar-refractivity contribution is 5.83. The predicted octanol–water partition coefficient (Wildman–Crippen LogP) is 14.9. The molecule has 7 nitrogen and oxygen atoms in total. The normalized spacial score (nSPS) is 13.1. The summed E-state index contributed by atoms with van der Waals surface area (Å²) in [7, 11) is 0. The summed E-state index contributed by atoms with van der Waals surface area (Å²) in [5, 5.41) is 12.0. The molecule has 4 N–H and O–H groups in total. The first-order valence-corrected chi connectivity index (χ1v) is 25.1. The number of carboxylic acids is 1. The van der Waals surface area contributed by atoms with Crippen LogP contribution in [0.15, 0.2) is 60.8 Å². The van der Waals surface area contributed by atoms with Crippen molar-refractivity contribution < 1.29 is 24.2 Å². The van der Waals surface area contributed by atoms with Crippen molar-refractivity contribution in [2.45, 2.75) is 251 Å². The molecule has 0 aromatic heterocycles. The molecule has 60 heavy (non-hydrogen) atoms. The van der Waals surface area contributed by atoms with Gasteiger partial charge in [-0.1, -0.05) is 177 Å². The Hall–Kier alpha value is -2.93. The Labute approximate surface area is 370 Å². The minimum atomic E-state index is -1.01. The Balaban J connectivity index is 4.22. The number of aliphatic carboxylic acids is 1. The summed E-state index contributed by atoms with van der Waals surface area (Å²) >= 11 is 0. The van der Waals surface area contributed by atoms with Gasteiger partial charge in [-0.05, 0) is 116 Å². The van der Waals surface area contributed by atoms with E-state index in [1.54, 1.807) is 0 Å². The fourth-order valence-corrected chi connectivity index (χ4v) is 7.33. The number of carboxylic acid groups (broad SMARTS) is 1. The summed E-state index contributed by atoms with van der Waals surface area (Å²) < 4.78 is 6.05. The van der Waals surface area contributed by atoms with E-state index in [-0.39, 0.29) is 18.0 Å². The predicted molar refractivity (Wildman–Crippen MR) is 257 cm³/mol. The number of allylic oxidation sites excluding steroid dienone is 10. The van der Waals surface area contributed by atoms with E-state index in [1.165, 1.54) is 96.3 Å². The maximum absolute atomic E-state index is 12.9. The molecule has 0 saturated carbocycles. The second-order valence-corrected chi connectivity index (χ2v) is 16.8. The van der Waals surface area contributed by atoms with Crippen molar-refractivity contribution in [1.82, 2.24) is 5.32 Å². The van der Waals surface area contributed by atoms with Crippen LogP contribution in [-0.2, 0) is 19.1 Å². The molecule has 0 aromatic rings. The monoisotopic (exact) mass is 839 g/mol. The molecule has 7 heteroatoms. The second kappa shape index (κ2) is 47.1. The van der Waals surface area contributed by atoms with Crippen LogP contribution in [0.1, 0.15) is 239 Å². The zero-order valence-corrected chi connectivity index (χ0v) is 39.0. The number of rotatable bonds is 45. The minimum Gasteiger partial charge on any atom is -0.480 e. The molecular weight excluding hydrogens is 745 g/mol. The van der Waals surface area contributed by atoms with E-state index in [0.717, 1.165) is 103 Å². The van der Waals surface area contributed by atoms with Gasteiger partial charge in [0, 0.05) is 12.8 Å². The Morgan fingerprint density at radius 3 is 1.47 bits per heavy atom. The number of carbonyl (C=O) groups is 3. The third-order valence-corrected chi connectivity index (χ3v) is 11.1. The van der Waals surface area contributed by atoms with Crippen molar-refractivity contribution in [1.29, 1.82) is 0 Å². The molecule has 0 bridgehead atoms. The zero-order chi connectivity index (χ0) is 43.8. The molecule has 0 heterocycles. The summed E-state index contributed by atoms with van der Waals surface area (Å²) in [6.07, 6.45) is 59.9. The standard InChI is InChI=1S/C53H94N2O5/c1-3-5-7-9-11-13-15-16-17-18-19-20-21-22-23-24-25-26-28-30-32-37-41-47-52(57)60-49(43-38-34-31-29-27-14-12-10-8-6-4-2)44-39-35-33-36-40-46-51(56)55-50(53(58)59)45-42-48-54/h5,7,11,13,16-17,19-20,29,31,49-50H,3-4,6,8-10,12,14-15,18,21-28,30,32-48,54H2,1-2H3,(H,55,56)(H,58,59)/b7-5-,13-11-,17-16-,20-19-,31-29-. The molecule has 0 saturated heterocycles. The van der Waals surface area contributed by atoms with Gasteiger partial charge in [-0.3, -0.25) is 9.59 Å². The third-order valence-electron chi connectivity index (χ3n) is 11.1. The first-order chi connectivity index (χ1) is 29.4. The lowest BCUT2D eigenvalue weighted by molar-refractivity contribution is -0.150. The van der Waals surface area contributed by atoms with Gasteiger partial charge in [0.2, 0.25) is 5.91 Å². The number of ether oxygens (including phenoxy) is 1. The number of unbranched alkanes of at least 4 members (excludes halogenated alkanes) is 21. The Kier molecular flexibility index (Phi) is 44.8. The second-order valence-electron chi connectivity index (χ2n) is 16.8. The minimum absolute atomic E-state index is 0.0226. The number of nitrogens with one attached hydrogen (secondary N) is 1. The van der Waals surface area contributed by atoms with E-state index >= 15 is 0 Å². The van der Waals surface area contributed by atoms with Crippen LogP contribution in [0.2, 0.25) is 0 Å². The molecule has 0 fully saturated rings. The summed E-state index contributed by atoms with van der Waals surface area (Å²) in [5.74, 6) is -1.25. The van der Waals surface area contributed by atoms with Crippen molar-refractivity contribution in [3.8, 4) is 0 Å². The fourth-order valence-electron chi connectivity index (χ4n) is 7.33. The van der Waals surface area contributed by atoms with Crippen molar-refractivity contribution >= 4 is 17.8 Å². The molecule has 0 aliphatic rings. The van der Waals surface area contributed by atoms with E-state index in [0.29, 0.717) is 32.2 Å². The summed E-state index contributed by atoms with van der Waals surface area (Å²) in [6, 6.07) is -0.861. The highest BCUT2D eigenvalue weighted by Gasteiger charge is 2.19. The molecule has 0 aliphatic heterocycles. The van der Waals surface area contributed by atoms with Crippen molar-refractivity contribution in [2.24, 2.45) is 5.73 Å². The molecular formula is C53H94N2O5. The first-order valence-electron chi connectivity index (χ1n) is 25.1. The van der Waals surface area contributed by atoms with Crippen LogP contribution in [0.4, 0.5) is 0 Å². The summed E-state index contributed by atoms with van der Waals surface area (Å²) in [5.41, 5.74) is 5.49. The number of hydrogen-bond acceptors (Lipinski definition) is 5. The van der Waals surface area contributed by atoms with E-state index in [1.807, 2.05) is 0 Å². The smallest absolute Gasteiger partial charge is 0.326 e. The lowest BCUT2D eigenvalue weighted by atomic mass is 10.0. The SMILES string of the molecule is CC/C=C\C/C=C\C/C=C\C/C=C\CCCCCCCCCCCCC(=O)OC(CCC/C=C\CCCCCCCC)CCCCCCCC(=O)NC(CCCN)C(=O)O. The average molecular weight is 839 g/mol. The van der Waals surface area contributed by atoms with Gasteiger partial charge in [0.15, 0.2) is 0 Å². The first kappa shape index (κ1) is 57.1. The van der Waals surface area contributed by atoms with Crippen molar-refractivity contribution in [3.63, 3.8) is 0 Å².